The first-order valence-electron chi connectivity index (χ1n) is 7.41. The van der Waals surface area contributed by atoms with Crippen LogP contribution in [0.15, 0.2) is 30.3 Å². The minimum atomic E-state index is -1.06. The number of carboxylic acid groups (broad SMARTS) is 1. The molecule has 2 rings (SSSR count). The first-order valence-corrected chi connectivity index (χ1v) is 7.41. The lowest BCUT2D eigenvalue weighted by Crippen LogP contribution is -2.46. The van der Waals surface area contributed by atoms with Gasteiger partial charge in [-0.25, -0.2) is 9.59 Å². The number of rotatable bonds is 4. The highest BCUT2D eigenvalue weighted by Crippen LogP contribution is 2.23. The van der Waals surface area contributed by atoms with Gasteiger partial charge in [0.15, 0.2) is 6.04 Å². The van der Waals surface area contributed by atoms with Gasteiger partial charge in [-0.2, -0.15) is 0 Å². The Labute approximate surface area is 124 Å². The van der Waals surface area contributed by atoms with Gasteiger partial charge in [-0.1, -0.05) is 37.3 Å². The molecule has 0 spiro atoms. The summed E-state index contributed by atoms with van der Waals surface area (Å²) in [5.41, 5.74) is 0.567. The molecule has 1 aromatic rings. The molecular formula is C16H22N2O3. The molecule has 0 unspecified atom stereocenters. The van der Waals surface area contributed by atoms with Crippen molar-refractivity contribution in [1.29, 1.82) is 0 Å². The lowest BCUT2D eigenvalue weighted by Gasteiger charge is -2.27. The van der Waals surface area contributed by atoms with Gasteiger partial charge in [-0.3, -0.25) is 0 Å². The number of carbonyl (C=O) groups is 2. The third-order valence-corrected chi connectivity index (χ3v) is 4.01. The van der Waals surface area contributed by atoms with Crippen molar-refractivity contribution in [2.45, 2.75) is 44.7 Å². The molecule has 0 bridgehead atoms. The maximum Gasteiger partial charge on any atom is 0.330 e. The van der Waals surface area contributed by atoms with E-state index in [4.69, 9.17) is 0 Å². The topological polar surface area (TPSA) is 78.4 Å². The summed E-state index contributed by atoms with van der Waals surface area (Å²) in [6.07, 6.45) is 4.12. The van der Waals surface area contributed by atoms with E-state index >= 15 is 0 Å². The fraction of sp³-hybridized carbons (Fsp3) is 0.500. The third-order valence-electron chi connectivity index (χ3n) is 4.01. The zero-order valence-corrected chi connectivity index (χ0v) is 12.2. The monoisotopic (exact) mass is 290 g/mol. The molecule has 1 aromatic carbocycles. The Kier molecular flexibility index (Phi) is 5.20. The Bertz CT molecular complexity index is 482. The van der Waals surface area contributed by atoms with Crippen molar-refractivity contribution in [2.24, 2.45) is 5.92 Å². The standard InChI is InChI=1S/C16H22N2O3/c1-11-7-9-13(10-8-11)17-16(21)18-14(15(19)20)12-5-3-2-4-6-12/h2-6,11,13-14H,7-10H2,1H3,(H,19,20)(H2,17,18,21)/t11?,13?,14-/m1/s1. The molecule has 0 saturated heterocycles. The smallest absolute Gasteiger partial charge is 0.330 e. The molecular weight excluding hydrogens is 268 g/mol. The van der Waals surface area contributed by atoms with E-state index < -0.39 is 18.0 Å². The predicted octanol–water partition coefficient (Wildman–Crippen LogP) is 2.69. The summed E-state index contributed by atoms with van der Waals surface area (Å²) in [6, 6.07) is 7.43. The molecule has 5 heteroatoms. The van der Waals surface area contributed by atoms with E-state index in [2.05, 4.69) is 17.6 Å². The van der Waals surface area contributed by atoms with E-state index in [1.807, 2.05) is 6.07 Å². The minimum Gasteiger partial charge on any atom is -0.479 e. The van der Waals surface area contributed by atoms with Crippen LogP contribution in [0.3, 0.4) is 0 Å². The highest BCUT2D eigenvalue weighted by molar-refractivity contribution is 5.83. The maximum absolute atomic E-state index is 12.0. The van der Waals surface area contributed by atoms with E-state index in [1.54, 1.807) is 24.3 Å². The first kappa shape index (κ1) is 15.4. The second-order valence-electron chi connectivity index (χ2n) is 5.76. The number of nitrogens with one attached hydrogen (secondary N) is 2. The van der Waals surface area contributed by atoms with Crippen molar-refractivity contribution >= 4 is 12.0 Å². The number of aliphatic carboxylic acids is 1. The SMILES string of the molecule is CC1CCC(NC(=O)N[C@@H](C(=O)O)c2ccccc2)CC1. The second kappa shape index (κ2) is 7.11. The zero-order valence-electron chi connectivity index (χ0n) is 12.2. The van der Waals surface area contributed by atoms with Crippen LogP contribution in [0.2, 0.25) is 0 Å². The van der Waals surface area contributed by atoms with Crippen molar-refractivity contribution in [2.75, 3.05) is 0 Å². The maximum atomic E-state index is 12.0. The van der Waals surface area contributed by atoms with Crippen LogP contribution in [0.25, 0.3) is 0 Å². The Morgan fingerprint density at radius 1 is 1.14 bits per heavy atom. The number of carboxylic acids is 1. The van der Waals surface area contributed by atoms with Crippen LogP contribution >= 0.6 is 0 Å². The average molecular weight is 290 g/mol. The summed E-state index contributed by atoms with van der Waals surface area (Å²) in [4.78, 5) is 23.3. The number of urea groups is 1. The van der Waals surface area contributed by atoms with Gasteiger partial charge in [-0.05, 0) is 37.2 Å². The average Bonchev–Trinajstić information content (AvgIpc) is 2.48. The molecule has 3 N–H and O–H groups in total. The second-order valence-corrected chi connectivity index (χ2v) is 5.76. The quantitative estimate of drug-likeness (QED) is 0.797. The Hall–Kier alpha value is -2.04. The van der Waals surface area contributed by atoms with Crippen molar-refractivity contribution in [3.63, 3.8) is 0 Å². The molecule has 0 radical (unpaired) electrons. The minimum absolute atomic E-state index is 0.145. The molecule has 1 aliphatic carbocycles. The molecule has 2 amide bonds. The number of carbonyl (C=O) groups excluding carboxylic acids is 1. The molecule has 0 aliphatic heterocycles. The van der Waals surface area contributed by atoms with Gasteiger partial charge in [0.25, 0.3) is 0 Å². The van der Waals surface area contributed by atoms with E-state index in [0.29, 0.717) is 11.5 Å². The van der Waals surface area contributed by atoms with Crippen LogP contribution < -0.4 is 10.6 Å². The van der Waals surface area contributed by atoms with Gasteiger partial charge >= 0.3 is 12.0 Å². The van der Waals surface area contributed by atoms with E-state index in [1.165, 1.54) is 0 Å². The molecule has 21 heavy (non-hydrogen) atoms. The van der Waals surface area contributed by atoms with Crippen LogP contribution in [0.1, 0.15) is 44.2 Å². The van der Waals surface area contributed by atoms with Crippen molar-refractivity contribution in [3.05, 3.63) is 35.9 Å². The highest BCUT2D eigenvalue weighted by Gasteiger charge is 2.24. The predicted molar refractivity (Wildman–Crippen MR) is 79.9 cm³/mol. The van der Waals surface area contributed by atoms with E-state index in [0.717, 1.165) is 25.7 Å². The van der Waals surface area contributed by atoms with Crippen LogP contribution in [-0.2, 0) is 4.79 Å². The molecule has 114 valence electrons. The van der Waals surface area contributed by atoms with E-state index in [-0.39, 0.29) is 6.04 Å². The Morgan fingerprint density at radius 3 is 2.33 bits per heavy atom. The van der Waals surface area contributed by atoms with Crippen LogP contribution in [0.5, 0.6) is 0 Å². The van der Waals surface area contributed by atoms with E-state index in [9.17, 15) is 14.7 Å². The summed E-state index contributed by atoms with van der Waals surface area (Å²) in [6.45, 7) is 2.21. The van der Waals surface area contributed by atoms with Gasteiger partial charge in [0.2, 0.25) is 0 Å². The lowest BCUT2D eigenvalue weighted by atomic mass is 9.87. The Balaban J connectivity index is 1.91. The molecule has 0 heterocycles. The normalized spacial score (nSPS) is 23.1. The Morgan fingerprint density at radius 2 is 1.76 bits per heavy atom. The molecule has 1 saturated carbocycles. The van der Waals surface area contributed by atoms with Crippen molar-refractivity contribution in [3.8, 4) is 0 Å². The van der Waals surface area contributed by atoms with Crippen LogP contribution in [0, 0.1) is 5.92 Å². The highest BCUT2D eigenvalue weighted by atomic mass is 16.4. The number of hydrogen-bond acceptors (Lipinski definition) is 2. The van der Waals surface area contributed by atoms with Crippen LogP contribution in [0.4, 0.5) is 4.79 Å². The summed E-state index contributed by atoms with van der Waals surface area (Å²) >= 11 is 0. The molecule has 5 nitrogen and oxygen atoms in total. The summed E-state index contributed by atoms with van der Waals surface area (Å²) in [5.74, 6) is -0.351. The van der Waals surface area contributed by atoms with Gasteiger partial charge in [0, 0.05) is 6.04 Å². The molecule has 1 fully saturated rings. The fourth-order valence-corrected chi connectivity index (χ4v) is 2.70. The van der Waals surface area contributed by atoms with Gasteiger partial charge in [0.05, 0.1) is 0 Å². The van der Waals surface area contributed by atoms with Crippen LogP contribution in [-0.4, -0.2) is 23.1 Å². The molecule has 0 aromatic heterocycles. The van der Waals surface area contributed by atoms with Gasteiger partial charge < -0.3 is 15.7 Å². The largest absolute Gasteiger partial charge is 0.479 e. The number of benzene rings is 1. The van der Waals surface area contributed by atoms with Crippen molar-refractivity contribution < 1.29 is 14.7 Å². The molecule has 1 atom stereocenters. The number of hydrogen-bond donors (Lipinski definition) is 3. The third kappa shape index (κ3) is 4.48. The zero-order chi connectivity index (χ0) is 15.2. The van der Waals surface area contributed by atoms with Gasteiger partial charge in [-0.15, -0.1) is 0 Å². The van der Waals surface area contributed by atoms with Crippen molar-refractivity contribution in [1.82, 2.24) is 10.6 Å². The summed E-state index contributed by atoms with van der Waals surface area (Å²) in [7, 11) is 0. The fourth-order valence-electron chi connectivity index (χ4n) is 2.70. The van der Waals surface area contributed by atoms with Gasteiger partial charge in [0.1, 0.15) is 0 Å². The number of amides is 2. The first-order chi connectivity index (χ1) is 10.1. The summed E-state index contributed by atoms with van der Waals surface area (Å²) in [5, 5.41) is 14.7. The summed E-state index contributed by atoms with van der Waals surface area (Å²) < 4.78 is 0. The lowest BCUT2D eigenvalue weighted by molar-refractivity contribution is -0.139. The molecule has 1 aliphatic rings.